The minimum Gasteiger partial charge on any atom is -0.497 e. The molecule has 0 unspecified atom stereocenters. The first-order chi connectivity index (χ1) is 10.2. The molecule has 0 radical (unpaired) electrons. The Morgan fingerprint density at radius 1 is 1.10 bits per heavy atom. The van der Waals surface area contributed by atoms with Gasteiger partial charge in [0.2, 0.25) is 0 Å². The van der Waals surface area contributed by atoms with Gasteiger partial charge in [0.1, 0.15) is 17.1 Å². The van der Waals surface area contributed by atoms with Crippen LogP contribution in [-0.2, 0) is 4.74 Å². The first kappa shape index (κ1) is 13.2. The summed E-state index contributed by atoms with van der Waals surface area (Å²) in [5, 5.41) is 0. The van der Waals surface area contributed by atoms with Crippen molar-refractivity contribution in [3.63, 3.8) is 0 Å². The molecule has 0 N–H and O–H groups in total. The fraction of sp³-hybridized carbons (Fsp3) is 0.125. The molecule has 0 aliphatic heterocycles. The summed E-state index contributed by atoms with van der Waals surface area (Å²) < 4.78 is 11.7. The highest BCUT2D eigenvalue weighted by Crippen LogP contribution is 2.23. The molecule has 0 amide bonds. The molecule has 0 saturated heterocycles. The third-order valence-corrected chi connectivity index (χ3v) is 3.27. The minimum absolute atomic E-state index is 0.390. The molecule has 3 aromatic rings. The Balaban J connectivity index is 2.10. The number of fused-ring (bicyclic) bond motifs is 1. The molecule has 0 saturated carbocycles. The van der Waals surface area contributed by atoms with Gasteiger partial charge in [-0.15, -0.1) is 0 Å². The largest absolute Gasteiger partial charge is 0.497 e. The van der Waals surface area contributed by atoms with Crippen LogP contribution in [0.1, 0.15) is 10.5 Å². The molecule has 3 rings (SSSR count). The zero-order valence-electron chi connectivity index (χ0n) is 11.7. The molecule has 0 aliphatic carbocycles. The molecule has 1 aromatic carbocycles. The fourth-order valence-corrected chi connectivity index (χ4v) is 2.18. The maximum absolute atomic E-state index is 11.8. The summed E-state index contributed by atoms with van der Waals surface area (Å²) in [5.41, 5.74) is 2.88. The van der Waals surface area contributed by atoms with Crippen LogP contribution in [0, 0.1) is 0 Å². The first-order valence-corrected chi connectivity index (χ1v) is 6.44. The number of imidazole rings is 1. The molecule has 0 atom stereocenters. The van der Waals surface area contributed by atoms with E-state index in [1.165, 1.54) is 7.11 Å². The van der Waals surface area contributed by atoms with Crippen molar-refractivity contribution in [2.45, 2.75) is 0 Å². The Morgan fingerprint density at radius 3 is 2.52 bits per heavy atom. The average Bonchev–Trinajstić information content (AvgIpc) is 2.98. The lowest BCUT2D eigenvalue weighted by Crippen LogP contribution is -2.06. The normalized spacial score (nSPS) is 10.6. The molecule has 0 fully saturated rings. The lowest BCUT2D eigenvalue weighted by Gasteiger charge is -2.02. The standard InChI is InChI=1S/C16H14N2O3/c1-20-12-8-6-11(7-9-12)13-10-18-14(16(19)21-2)4-3-5-15(18)17-13/h3-10H,1-2H3. The molecule has 21 heavy (non-hydrogen) atoms. The van der Waals surface area contributed by atoms with Gasteiger partial charge in [-0.1, -0.05) is 6.07 Å². The van der Waals surface area contributed by atoms with Gasteiger partial charge < -0.3 is 9.47 Å². The molecule has 2 aromatic heterocycles. The van der Waals surface area contributed by atoms with Gasteiger partial charge in [0.25, 0.3) is 0 Å². The smallest absolute Gasteiger partial charge is 0.355 e. The fourth-order valence-electron chi connectivity index (χ4n) is 2.18. The number of methoxy groups -OCH3 is 2. The lowest BCUT2D eigenvalue weighted by atomic mass is 10.2. The molecule has 0 spiro atoms. The van der Waals surface area contributed by atoms with Gasteiger partial charge in [-0.2, -0.15) is 0 Å². The topological polar surface area (TPSA) is 52.8 Å². The number of aromatic nitrogens is 2. The van der Waals surface area contributed by atoms with Crippen molar-refractivity contribution in [3.8, 4) is 17.0 Å². The number of hydrogen-bond acceptors (Lipinski definition) is 4. The van der Waals surface area contributed by atoms with E-state index >= 15 is 0 Å². The summed E-state index contributed by atoms with van der Waals surface area (Å²) in [6.07, 6.45) is 1.82. The molecule has 5 nitrogen and oxygen atoms in total. The van der Waals surface area contributed by atoms with Gasteiger partial charge in [-0.25, -0.2) is 9.78 Å². The number of pyridine rings is 1. The van der Waals surface area contributed by atoms with Crippen molar-refractivity contribution in [1.82, 2.24) is 9.38 Å². The second kappa shape index (κ2) is 5.28. The van der Waals surface area contributed by atoms with Crippen LogP contribution in [0.15, 0.2) is 48.7 Å². The molecular formula is C16H14N2O3. The Hall–Kier alpha value is -2.82. The number of rotatable bonds is 3. The number of carbonyl (C=O) groups excluding carboxylic acids is 1. The highest BCUT2D eigenvalue weighted by molar-refractivity contribution is 5.88. The van der Waals surface area contributed by atoms with E-state index in [0.29, 0.717) is 11.3 Å². The van der Waals surface area contributed by atoms with Crippen molar-refractivity contribution < 1.29 is 14.3 Å². The lowest BCUT2D eigenvalue weighted by molar-refractivity contribution is 0.0592. The maximum Gasteiger partial charge on any atom is 0.355 e. The van der Waals surface area contributed by atoms with E-state index in [1.54, 1.807) is 23.6 Å². The van der Waals surface area contributed by atoms with Crippen molar-refractivity contribution >= 4 is 11.6 Å². The first-order valence-electron chi connectivity index (χ1n) is 6.44. The Labute approximate surface area is 121 Å². The van der Waals surface area contributed by atoms with Gasteiger partial charge in [0.15, 0.2) is 0 Å². The van der Waals surface area contributed by atoms with Gasteiger partial charge >= 0.3 is 5.97 Å². The van der Waals surface area contributed by atoms with Crippen LogP contribution in [0.2, 0.25) is 0 Å². The summed E-state index contributed by atoms with van der Waals surface area (Å²) in [5.74, 6) is 0.400. The minimum atomic E-state index is -0.390. The number of carbonyl (C=O) groups is 1. The number of ether oxygens (including phenoxy) is 2. The Morgan fingerprint density at radius 2 is 1.86 bits per heavy atom. The summed E-state index contributed by atoms with van der Waals surface area (Å²) in [4.78, 5) is 16.3. The van der Waals surface area contributed by atoms with E-state index in [1.807, 2.05) is 36.5 Å². The zero-order valence-corrected chi connectivity index (χ0v) is 11.7. The van der Waals surface area contributed by atoms with Crippen LogP contribution in [0.5, 0.6) is 5.75 Å². The van der Waals surface area contributed by atoms with E-state index in [0.717, 1.165) is 17.0 Å². The van der Waals surface area contributed by atoms with Crippen molar-refractivity contribution in [1.29, 1.82) is 0 Å². The Kier molecular flexibility index (Phi) is 3.31. The maximum atomic E-state index is 11.8. The van der Waals surface area contributed by atoms with Crippen LogP contribution >= 0.6 is 0 Å². The monoisotopic (exact) mass is 282 g/mol. The summed E-state index contributed by atoms with van der Waals surface area (Å²) in [6, 6.07) is 12.9. The average molecular weight is 282 g/mol. The molecular weight excluding hydrogens is 268 g/mol. The number of benzene rings is 1. The van der Waals surface area contributed by atoms with Gasteiger partial charge in [-0.3, -0.25) is 4.40 Å². The third kappa shape index (κ3) is 2.33. The number of nitrogens with zero attached hydrogens (tertiary/aromatic N) is 2. The SMILES string of the molecule is COC(=O)c1cccc2nc(-c3ccc(OC)cc3)cn12. The van der Waals surface area contributed by atoms with Crippen LogP contribution in [0.3, 0.4) is 0 Å². The highest BCUT2D eigenvalue weighted by Gasteiger charge is 2.12. The van der Waals surface area contributed by atoms with Crippen molar-refractivity contribution in [2.75, 3.05) is 14.2 Å². The van der Waals surface area contributed by atoms with Crippen LogP contribution in [-0.4, -0.2) is 29.6 Å². The summed E-state index contributed by atoms with van der Waals surface area (Å²) >= 11 is 0. The van der Waals surface area contributed by atoms with E-state index in [-0.39, 0.29) is 5.97 Å². The molecule has 5 heteroatoms. The molecule has 0 aliphatic rings. The Bertz CT molecular complexity index is 791. The van der Waals surface area contributed by atoms with Crippen LogP contribution in [0.25, 0.3) is 16.9 Å². The second-order valence-electron chi connectivity index (χ2n) is 4.49. The van der Waals surface area contributed by atoms with Crippen LogP contribution in [0.4, 0.5) is 0 Å². The summed E-state index contributed by atoms with van der Waals surface area (Å²) in [7, 11) is 2.99. The van der Waals surface area contributed by atoms with Gasteiger partial charge in [0, 0.05) is 11.8 Å². The predicted molar refractivity (Wildman–Crippen MR) is 78.5 cm³/mol. The van der Waals surface area contributed by atoms with Crippen LogP contribution < -0.4 is 4.74 Å². The zero-order chi connectivity index (χ0) is 14.8. The van der Waals surface area contributed by atoms with Crippen molar-refractivity contribution in [2.24, 2.45) is 0 Å². The number of hydrogen-bond donors (Lipinski definition) is 0. The predicted octanol–water partition coefficient (Wildman–Crippen LogP) is 2.80. The second-order valence-corrected chi connectivity index (χ2v) is 4.49. The number of esters is 1. The van der Waals surface area contributed by atoms with Gasteiger partial charge in [0.05, 0.1) is 19.9 Å². The highest BCUT2D eigenvalue weighted by atomic mass is 16.5. The molecule has 106 valence electrons. The van der Waals surface area contributed by atoms with E-state index < -0.39 is 0 Å². The van der Waals surface area contributed by atoms with Gasteiger partial charge in [-0.05, 0) is 36.4 Å². The van der Waals surface area contributed by atoms with E-state index in [9.17, 15) is 4.79 Å². The van der Waals surface area contributed by atoms with E-state index in [2.05, 4.69) is 4.98 Å². The third-order valence-electron chi connectivity index (χ3n) is 3.27. The molecule has 2 heterocycles. The quantitative estimate of drug-likeness (QED) is 0.693. The summed E-state index contributed by atoms with van der Waals surface area (Å²) in [6.45, 7) is 0. The molecule has 0 bridgehead atoms. The van der Waals surface area contributed by atoms with E-state index in [4.69, 9.17) is 9.47 Å². The van der Waals surface area contributed by atoms with Crippen molar-refractivity contribution in [3.05, 3.63) is 54.4 Å².